The first-order valence-electron chi connectivity index (χ1n) is 9.68. The van der Waals surface area contributed by atoms with Gasteiger partial charge in [-0.2, -0.15) is 0 Å². The van der Waals surface area contributed by atoms with Crippen LogP contribution in [-0.4, -0.2) is 10.7 Å². The highest BCUT2D eigenvalue weighted by molar-refractivity contribution is 6.04. The molecular weight excluding hydrogens is 352 g/mol. The Morgan fingerprint density at radius 3 is 2.48 bits per heavy atom. The molecule has 0 saturated carbocycles. The standard InChI is InChI=1S/C27H26N2/c1-6-11-23(7-2)25-18-21(5)29-27-24(25)17-14-19(3)26(27)28-20(4)15-16-22-12-9-8-10-13-22/h6-18H,1-2H2,3-5H3/b16-15+,23-11+,28-20-. The molecule has 2 aromatic carbocycles. The van der Waals surface area contributed by atoms with Crippen LogP contribution >= 0.6 is 0 Å². The number of benzene rings is 2. The third kappa shape index (κ3) is 4.67. The zero-order valence-corrected chi connectivity index (χ0v) is 17.3. The summed E-state index contributed by atoms with van der Waals surface area (Å²) in [7, 11) is 0. The van der Waals surface area contributed by atoms with E-state index in [0.717, 1.165) is 50.3 Å². The van der Waals surface area contributed by atoms with Crippen LogP contribution in [0.3, 0.4) is 0 Å². The van der Waals surface area contributed by atoms with Crippen LogP contribution in [0, 0.1) is 13.8 Å². The molecule has 0 aliphatic heterocycles. The van der Waals surface area contributed by atoms with E-state index in [4.69, 9.17) is 9.98 Å². The maximum Gasteiger partial charge on any atom is 0.0970 e. The van der Waals surface area contributed by atoms with Crippen LogP contribution in [-0.2, 0) is 0 Å². The van der Waals surface area contributed by atoms with Crippen molar-refractivity contribution >= 4 is 34.0 Å². The van der Waals surface area contributed by atoms with Gasteiger partial charge in [0.1, 0.15) is 0 Å². The van der Waals surface area contributed by atoms with Crippen molar-refractivity contribution in [2.45, 2.75) is 20.8 Å². The van der Waals surface area contributed by atoms with Crippen molar-refractivity contribution in [3.63, 3.8) is 0 Å². The molecule has 3 aromatic rings. The molecule has 0 atom stereocenters. The highest BCUT2D eigenvalue weighted by Gasteiger charge is 2.12. The van der Waals surface area contributed by atoms with Gasteiger partial charge in [0.2, 0.25) is 0 Å². The zero-order valence-electron chi connectivity index (χ0n) is 17.3. The second-order valence-electron chi connectivity index (χ2n) is 7.00. The minimum absolute atomic E-state index is 0.907. The first kappa shape index (κ1) is 20.2. The molecule has 0 unspecified atom stereocenters. The fourth-order valence-electron chi connectivity index (χ4n) is 3.28. The third-order valence-electron chi connectivity index (χ3n) is 4.72. The molecule has 0 aliphatic rings. The van der Waals surface area contributed by atoms with E-state index < -0.39 is 0 Å². The van der Waals surface area contributed by atoms with Gasteiger partial charge in [0.05, 0.1) is 11.2 Å². The van der Waals surface area contributed by atoms with Crippen LogP contribution < -0.4 is 0 Å². The molecule has 0 amide bonds. The van der Waals surface area contributed by atoms with Gasteiger partial charge in [-0.3, -0.25) is 9.98 Å². The Kier molecular flexibility index (Phi) is 6.36. The lowest BCUT2D eigenvalue weighted by Gasteiger charge is -2.12. The summed E-state index contributed by atoms with van der Waals surface area (Å²) in [6.07, 6.45) is 9.72. The Morgan fingerprint density at radius 2 is 1.79 bits per heavy atom. The average molecular weight is 379 g/mol. The van der Waals surface area contributed by atoms with Crippen molar-refractivity contribution in [3.8, 4) is 0 Å². The van der Waals surface area contributed by atoms with Crippen LogP contribution in [0.2, 0.25) is 0 Å². The zero-order chi connectivity index (χ0) is 20.8. The van der Waals surface area contributed by atoms with Crippen molar-refractivity contribution in [2.24, 2.45) is 4.99 Å². The summed E-state index contributed by atoms with van der Waals surface area (Å²) in [6, 6.07) is 16.5. The van der Waals surface area contributed by atoms with Crippen molar-refractivity contribution < 1.29 is 0 Å². The van der Waals surface area contributed by atoms with Gasteiger partial charge in [0.25, 0.3) is 0 Å². The molecular formula is C27H26N2. The van der Waals surface area contributed by atoms with E-state index in [1.165, 1.54) is 0 Å². The first-order chi connectivity index (χ1) is 14.0. The predicted octanol–water partition coefficient (Wildman–Crippen LogP) is 7.41. The summed E-state index contributed by atoms with van der Waals surface area (Å²) in [5.41, 5.74) is 8.06. The number of allylic oxidation sites excluding steroid dienone is 5. The number of aliphatic imine (C=N–C) groups is 1. The molecule has 29 heavy (non-hydrogen) atoms. The summed E-state index contributed by atoms with van der Waals surface area (Å²) in [4.78, 5) is 9.74. The van der Waals surface area contributed by atoms with Crippen LogP contribution in [0.15, 0.2) is 91.0 Å². The summed E-state index contributed by atoms with van der Waals surface area (Å²) in [5, 5.41) is 1.06. The van der Waals surface area contributed by atoms with E-state index in [1.807, 2.05) is 50.3 Å². The fraction of sp³-hybridized carbons (Fsp3) is 0.111. The maximum atomic E-state index is 4.92. The Morgan fingerprint density at radius 1 is 1.03 bits per heavy atom. The number of hydrogen-bond acceptors (Lipinski definition) is 2. The van der Waals surface area contributed by atoms with Gasteiger partial charge < -0.3 is 0 Å². The summed E-state index contributed by atoms with van der Waals surface area (Å²) in [6.45, 7) is 13.9. The van der Waals surface area contributed by atoms with Crippen molar-refractivity contribution in [1.82, 2.24) is 4.98 Å². The number of pyridine rings is 1. The SMILES string of the molecule is C=C/C=C(\C=C)c1cc(C)nc2c(/N=C(C)\C=C\c3ccccc3)c(C)ccc12. The van der Waals surface area contributed by atoms with Crippen LogP contribution in [0.25, 0.3) is 22.6 Å². The summed E-state index contributed by atoms with van der Waals surface area (Å²) < 4.78 is 0. The largest absolute Gasteiger partial charge is 0.251 e. The normalized spacial score (nSPS) is 12.5. The van der Waals surface area contributed by atoms with Crippen molar-refractivity contribution in [2.75, 3.05) is 0 Å². The van der Waals surface area contributed by atoms with Crippen molar-refractivity contribution in [3.05, 3.63) is 108 Å². The molecule has 2 nitrogen and oxygen atoms in total. The molecule has 0 saturated heterocycles. The van der Waals surface area contributed by atoms with E-state index in [-0.39, 0.29) is 0 Å². The van der Waals surface area contributed by atoms with E-state index in [9.17, 15) is 0 Å². The van der Waals surface area contributed by atoms with Gasteiger partial charge in [-0.15, -0.1) is 0 Å². The van der Waals surface area contributed by atoms with E-state index >= 15 is 0 Å². The molecule has 0 radical (unpaired) electrons. The predicted molar refractivity (Wildman–Crippen MR) is 128 cm³/mol. The molecule has 0 aliphatic carbocycles. The minimum atomic E-state index is 0.907. The van der Waals surface area contributed by atoms with E-state index in [1.54, 1.807) is 6.08 Å². The smallest absolute Gasteiger partial charge is 0.0970 e. The first-order valence-corrected chi connectivity index (χ1v) is 9.68. The fourth-order valence-corrected chi connectivity index (χ4v) is 3.28. The summed E-state index contributed by atoms with van der Waals surface area (Å²) >= 11 is 0. The molecule has 2 heteroatoms. The molecule has 3 rings (SSSR count). The molecule has 0 fully saturated rings. The second-order valence-corrected chi connectivity index (χ2v) is 7.00. The van der Waals surface area contributed by atoms with E-state index in [0.29, 0.717) is 0 Å². The Labute approximate surface area is 173 Å². The van der Waals surface area contributed by atoms with Crippen LogP contribution in [0.5, 0.6) is 0 Å². The summed E-state index contributed by atoms with van der Waals surface area (Å²) in [5.74, 6) is 0. The number of hydrogen-bond donors (Lipinski definition) is 0. The molecule has 1 heterocycles. The molecule has 0 bridgehead atoms. The minimum Gasteiger partial charge on any atom is -0.251 e. The van der Waals surface area contributed by atoms with Gasteiger partial charge in [-0.1, -0.05) is 79.9 Å². The lowest BCUT2D eigenvalue weighted by atomic mass is 9.97. The topological polar surface area (TPSA) is 25.2 Å². The lowest BCUT2D eigenvalue weighted by molar-refractivity contribution is 1.24. The third-order valence-corrected chi connectivity index (χ3v) is 4.72. The van der Waals surface area contributed by atoms with E-state index in [2.05, 4.69) is 56.5 Å². The Hall–Kier alpha value is -3.52. The van der Waals surface area contributed by atoms with Gasteiger partial charge in [0.15, 0.2) is 0 Å². The number of aromatic nitrogens is 1. The molecule has 0 N–H and O–H groups in total. The monoisotopic (exact) mass is 378 g/mol. The Bertz CT molecular complexity index is 1150. The van der Waals surface area contributed by atoms with Crippen LogP contribution in [0.1, 0.15) is 29.3 Å². The van der Waals surface area contributed by atoms with Gasteiger partial charge in [0, 0.05) is 16.8 Å². The highest BCUT2D eigenvalue weighted by atomic mass is 14.8. The average Bonchev–Trinajstić information content (AvgIpc) is 2.73. The van der Waals surface area contributed by atoms with Gasteiger partial charge in [-0.25, -0.2) is 0 Å². The Balaban J connectivity index is 2.15. The number of aryl methyl sites for hydroxylation is 2. The number of nitrogens with zero attached hydrogens (tertiary/aromatic N) is 2. The number of fused-ring (bicyclic) bond motifs is 1. The van der Waals surface area contributed by atoms with Crippen molar-refractivity contribution in [1.29, 1.82) is 0 Å². The van der Waals surface area contributed by atoms with Gasteiger partial charge in [-0.05, 0) is 55.2 Å². The molecule has 144 valence electrons. The molecule has 1 aromatic heterocycles. The quantitative estimate of drug-likeness (QED) is 0.324. The lowest BCUT2D eigenvalue weighted by Crippen LogP contribution is -1.94. The van der Waals surface area contributed by atoms with Gasteiger partial charge >= 0.3 is 0 Å². The second kappa shape index (κ2) is 9.11. The highest BCUT2D eigenvalue weighted by Crippen LogP contribution is 2.34. The maximum absolute atomic E-state index is 4.92. The molecule has 0 spiro atoms. The number of rotatable bonds is 6. The van der Waals surface area contributed by atoms with Crippen LogP contribution in [0.4, 0.5) is 5.69 Å².